The molecule has 1 aromatic heterocycles. The van der Waals surface area contributed by atoms with E-state index in [0.717, 1.165) is 46.2 Å². The van der Waals surface area contributed by atoms with Crippen LogP contribution in [0, 0.1) is 6.92 Å². The van der Waals surface area contributed by atoms with Crippen LogP contribution in [0.1, 0.15) is 33.7 Å². The number of nitrogens with zero attached hydrogens (tertiary/aromatic N) is 1. The summed E-state index contributed by atoms with van der Waals surface area (Å²) in [5.74, 6) is -0.143. The van der Waals surface area contributed by atoms with Crippen molar-refractivity contribution in [3.05, 3.63) is 45.2 Å². The molecule has 0 bridgehead atoms. The maximum absolute atomic E-state index is 12.2. The Balaban J connectivity index is 1.83. The summed E-state index contributed by atoms with van der Waals surface area (Å²) in [6.07, 6.45) is 3.03. The Bertz CT molecular complexity index is 648. The van der Waals surface area contributed by atoms with Gasteiger partial charge in [-0.05, 0) is 43.9 Å². The van der Waals surface area contributed by atoms with Crippen LogP contribution in [0.25, 0.3) is 0 Å². The van der Waals surface area contributed by atoms with E-state index in [0.29, 0.717) is 5.69 Å². The summed E-state index contributed by atoms with van der Waals surface area (Å²) in [6, 6.07) is 5.76. The second-order valence-corrected chi connectivity index (χ2v) is 5.66. The number of amides is 1. The minimum atomic E-state index is -0.143. The normalized spacial score (nSPS) is 13.4. The van der Waals surface area contributed by atoms with Crippen LogP contribution < -0.4 is 5.32 Å². The summed E-state index contributed by atoms with van der Waals surface area (Å²) in [4.78, 5) is 12.2. The number of nitrogens with one attached hydrogen (secondary N) is 2. The third-order valence-corrected chi connectivity index (χ3v) is 4.31. The Morgan fingerprint density at radius 3 is 3.05 bits per heavy atom. The molecule has 1 aromatic carbocycles. The van der Waals surface area contributed by atoms with Crippen LogP contribution in [0.3, 0.4) is 0 Å². The van der Waals surface area contributed by atoms with E-state index in [1.807, 2.05) is 25.1 Å². The third-order valence-electron chi connectivity index (χ3n) is 3.45. The minimum Gasteiger partial charge on any atom is -0.321 e. The van der Waals surface area contributed by atoms with Crippen molar-refractivity contribution in [3.63, 3.8) is 0 Å². The van der Waals surface area contributed by atoms with Gasteiger partial charge in [0.2, 0.25) is 0 Å². The first-order chi connectivity index (χ1) is 9.15. The van der Waals surface area contributed by atoms with Gasteiger partial charge in [0.1, 0.15) is 0 Å². The van der Waals surface area contributed by atoms with Crippen molar-refractivity contribution in [2.24, 2.45) is 0 Å². The molecule has 2 N–H and O–H groups in total. The van der Waals surface area contributed by atoms with Crippen LogP contribution in [-0.4, -0.2) is 16.1 Å². The highest BCUT2D eigenvalue weighted by molar-refractivity contribution is 9.10. The van der Waals surface area contributed by atoms with E-state index < -0.39 is 0 Å². The molecule has 0 atom stereocenters. The van der Waals surface area contributed by atoms with E-state index >= 15 is 0 Å². The molecule has 1 aliphatic rings. The van der Waals surface area contributed by atoms with Crippen molar-refractivity contribution in [2.75, 3.05) is 5.32 Å². The SMILES string of the molecule is Cc1ccc(NC(=O)c2n[nH]c3c2CCC3)cc1Br. The highest BCUT2D eigenvalue weighted by Gasteiger charge is 2.22. The maximum Gasteiger partial charge on any atom is 0.276 e. The quantitative estimate of drug-likeness (QED) is 0.892. The first kappa shape index (κ1) is 12.4. The summed E-state index contributed by atoms with van der Waals surface area (Å²) in [7, 11) is 0. The lowest BCUT2D eigenvalue weighted by Gasteiger charge is -2.06. The van der Waals surface area contributed by atoms with Gasteiger partial charge in [-0.25, -0.2) is 0 Å². The molecule has 1 amide bonds. The van der Waals surface area contributed by atoms with Gasteiger partial charge in [0.05, 0.1) is 0 Å². The number of H-pyrrole nitrogens is 1. The molecule has 1 heterocycles. The molecule has 0 radical (unpaired) electrons. The number of anilines is 1. The van der Waals surface area contributed by atoms with E-state index in [2.05, 4.69) is 31.4 Å². The lowest BCUT2D eigenvalue weighted by molar-refractivity contribution is 0.102. The van der Waals surface area contributed by atoms with Crippen LogP contribution in [0.15, 0.2) is 22.7 Å². The van der Waals surface area contributed by atoms with Gasteiger partial charge in [-0.2, -0.15) is 5.10 Å². The Morgan fingerprint density at radius 2 is 2.26 bits per heavy atom. The van der Waals surface area contributed by atoms with E-state index in [-0.39, 0.29) is 5.91 Å². The third kappa shape index (κ3) is 2.30. The van der Waals surface area contributed by atoms with E-state index in [9.17, 15) is 4.79 Å². The van der Waals surface area contributed by atoms with Gasteiger partial charge in [-0.15, -0.1) is 0 Å². The molecule has 4 nitrogen and oxygen atoms in total. The molecule has 0 saturated heterocycles. The number of carbonyl (C=O) groups excluding carboxylic acids is 1. The van der Waals surface area contributed by atoms with Gasteiger partial charge < -0.3 is 5.32 Å². The first-order valence-corrected chi connectivity index (χ1v) is 7.08. The minimum absolute atomic E-state index is 0.143. The number of halogens is 1. The second kappa shape index (κ2) is 4.81. The number of aromatic nitrogens is 2. The average Bonchev–Trinajstić information content (AvgIpc) is 2.95. The highest BCUT2D eigenvalue weighted by Crippen LogP contribution is 2.24. The topological polar surface area (TPSA) is 57.8 Å². The predicted molar refractivity (Wildman–Crippen MR) is 77.4 cm³/mol. The van der Waals surface area contributed by atoms with E-state index in [4.69, 9.17) is 0 Å². The fourth-order valence-electron chi connectivity index (χ4n) is 2.37. The maximum atomic E-state index is 12.2. The zero-order valence-electron chi connectivity index (χ0n) is 10.6. The Hall–Kier alpha value is -1.62. The van der Waals surface area contributed by atoms with Gasteiger partial charge in [0.25, 0.3) is 5.91 Å². The lowest BCUT2D eigenvalue weighted by atomic mass is 10.2. The van der Waals surface area contributed by atoms with Crippen molar-refractivity contribution in [1.82, 2.24) is 10.2 Å². The van der Waals surface area contributed by atoms with Crippen molar-refractivity contribution >= 4 is 27.5 Å². The summed E-state index contributed by atoms with van der Waals surface area (Å²) in [5, 5.41) is 9.97. The summed E-state index contributed by atoms with van der Waals surface area (Å²) in [6.45, 7) is 2.01. The molecular formula is C14H14BrN3O. The first-order valence-electron chi connectivity index (χ1n) is 6.29. The largest absolute Gasteiger partial charge is 0.321 e. The molecule has 3 rings (SSSR count). The molecular weight excluding hydrogens is 306 g/mol. The molecule has 5 heteroatoms. The second-order valence-electron chi connectivity index (χ2n) is 4.80. The van der Waals surface area contributed by atoms with Gasteiger partial charge in [0, 0.05) is 21.4 Å². The van der Waals surface area contributed by atoms with Crippen LogP contribution >= 0.6 is 15.9 Å². The van der Waals surface area contributed by atoms with Crippen LogP contribution in [-0.2, 0) is 12.8 Å². The zero-order valence-corrected chi connectivity index (χ0v) is 12.2. The molecule has 98 valence electrons. The molecule has 2 aromatic rings. The fourth-order valence-corrected chi connectivity index (χ4v) is 2.75. The number of carbonyl (C=O) groups is 1. The number of benzene rings is 1. The number of hydrogen-bond donors (Lipinski definition) is 2. The lowest BCUT2D eigenvalue weighted by Crippen LogP contribution is -2.14. The van der Waals surface area contributed by atoms with Gasteiger partial charge in [-0.1, -0.05) is 22.0 Å². The van der Waals surface area contributed by atoms with Gasteiger partial charge in [0.15, 0.2) is 5.69 Å². The smallest absolute Gasteiger partial charge is 0.276 e. The molecule has 0 spiro atoms. The molecule has 0 aliphatic heterocycles. The summed E-state index contributed by atoms with van der Waals surface area (Å²) in [5.41, 5.74) is 4.62. The molecule has 0 saturated carbocycles. The summed E-state index contributed by atoms with van der Waals surface area (Å²) >= 11 is 3.46. The predicted octanol–water partition coefficient (Wildman–Crippen LogP) is 3.22. The number of aromatic amines is 1. The van der Waals surface area contributed by atoms with Crippen LogP contribution in [0.2, 0.25) is 0 Å². The Kier molecular flexibility index (Phi) is 3.14. The van der Waals surface area contributed by atoms with Gasteiger partial charge in [-0.3, -0.25) is 9.89 Å². The fraction of sp³-hybridized carbons (Fsp3) is 0.286. The van der Waals surface area contributed by atoms with E-state index in [1.54, 1.807) is 0 Å². The van der Waals surface area contributed by atoms with Crippen molar-refractivity contribution < 1.29 is 4.79 Å². The number of hydrogen-bond acceptors (Lipinski definition) is 2. The molecule has 0 fully saturated rings. The highest BCUT2D eigenvalue weighted by atomic mass is 79.9. The van der Waals surface area contributed by atoms with Crippen LogP contribution in [0.5, 0.6) is 0 Å². The monoisotopic (exact) mass is 319 g/mol. The number of rotatable bonds is 2. The van der Waals surface area contributed by atoms with Crippen molar-refractivity contribution in [2.45, 2.75) is 26.2 Å². The number of aryl methyl sites for hydroxylation is 2. The summed E-state index contributed by atoms with van der Waals surface area (Å²) < 4.78 is 0.984. The van der Waals surface area contributed by atoms with Crippen LogP contribution in [0.4, 0.5) is 5.69 Å². The van der Waals surface area contributed by atoms with Crippen molar-refractivity contribution in [1.29, 1.82) is 0 Å². The Morgan fingerprint density at radius 1 is 1.42 bits per heavy atom. The Labute approximate surface area is 119 Å². The molecule has 1 aliphatic carbocycles. The molecule has 0 unspecified atom stereocenters. The zero-order chi connectivity index (χ0) is 13.4. The molecule has 19 heavy (non-hydrogen) atoms. The van der Waals surface area contributed by atoms with E-state index in [1.165, 1.54) is 0 Å². The number of fused-ring (bicyclic) bond motifs is 1. The average molecular weight is 320 g/mol. The van der Waals surface area contributed by atoms with Gasteiger partial charge >= 0.3 is 0 Å². The van der Waals surface area contributed by atoms with Crippen molar-refractivity contribution in [3.8, 4) is 0 Å². The standard InChI is InChI=1S/C14H14BrN3O/c1-8-5-6-9(7-11(8)15)16-14(19)13-10-3-2-4-12(10)17-18-13/h5-7H,2-4H2,1H3,(H,16,19)(H,17,18).